The number of hydrogen-bond donors (Lipinski definition) is 1. The van der Waals surface area contributed by atoms with E-state index in [0.717, 1.165) is 6.54 Å². The van der Waals surface area contributed by atoms with Crippen molar-refractivity contribution in [3.8, 4) is 0 Å². The van der Waals surface area contributed by atoms with Crippen LogP contribution < -0.4 is 5.32 Å². The molecular weight excluding hydrogens is 254 g/mol. The van der Waals surface area contributed by atoms with Crippen LogP contribution in [0.5, 0.6) is 0 Å². The number of ether oxygens (including phenoxy) is 1. The third-order valence-corrected chi connectivity index (χ3v) is 5.25. The molecule has 0 amide bonds. The van der Waals surface area contributed by atoms with Gasteiger partial charge in [0.05, 0.1) is 11.6 Å². The summed E-state index contributed by atoms with van der Waals surface area (Å²) in [6.45, 7) is 5.36. The number of aryl methyl sites for hydroxylation is 1. The molecule has 0 saturated heterocycles. The SMILES string of the molecule is CCNC(c1csc(C)c1)C1(OC)CCCCCC1. The Labute approximate surface area is 121 Å². The van der Waals surface area contributed by atoms with Gasteiger partial charge in [-0.1, -0.05) is 32.6 Å². The lowest BCUT2D eigenvalue weighted by atomic mass is 9.83. The molecule has 0 bridgehead atoms. The van der Waals surface area contributed by atoms with E-state index in [2.05, 4.69) is 30.6 Å². The van der Waals surface area contributed by atoms with Crippen LogP contribution in [0.4, 0.5) is 0 Å². The Bertz CT molecular complexity index is 380. The number of likely N-dealkylation sites (N-methyl/N-ethyl adjacent to an activating group) is 1. The molecule has 2 nitrogen and oxygen atoms in total. The minimum Gasteiger partial charge on any atom is -0.376 e. The summed E-state index contributed by atoms with van der Waals surface area (Å²) < 4.78 is 6.08. The average molecular weight is 281 g/mol. The summed E-state index contributed by atoms with van der Waals surface area (Å²) in [6.07, 6.45) is 7.64. The first-order valence-corrected chi connectivity index (χ1v) is 8.43. The van der Waals surface area contributed by atoms with Crippen LogP contribution in [0.2, 0.25) is 0 Å². The van der Waals surface area contributed by atoms with E-state index in [9.17, 15) is 0 Å². The van der Waals surface area contributed by atoms with Gasteiger partial charge in [-0.25, -0.2) is 0 Å². The fourth-order valence-corrected chi connectivity index (χ4v) is 4.09. The third-order valence-electron chi connectivity index (χ3n) is 4.37. The molecule has 1 atom stereocenters. The number of methoxy groups -OCH3 is 1. The predicted molar refractivity (Wildman–Crippen MR) is 82.9 cm³/mol. The molecular formula is C16H27NOS. The van der Waals surface area contributed by atoms with Crippen LogP contribution in [-0.2, 0) is 4.74 Å². The van der Waals surface area contributed by atoms with E-state index in [1.165, 1.54) is 49.0 Å². The van der Waals surface area contributed by atoms with E-state index < -0.39 is 0 Å². The Morgan fingerprint density at radius 3 is 2.47 bits per heavy atom. The first kappa shape index (κ1) is 15.0. The van der Waals surface area contributed by atoms with Gasteiger partial charge in [-0.15, -0.1) is 11.3 Å². The number of hydrogen-bond acceptors (Lipinski definition) is 3. The van der Waals surface area contributed by atoms with Gasteiger partial charge in [0.1, 0.15) is 0 Å². The molecule has 0 aliphatic heterocycles. The fraction of sp³-hybridized carbons (Fsp3) is 0.750. The molecule has 0 spiro atoms. The van der Waals surface area contributed by atoms with Crippen molar-refractivity contribution < 1.29 is 4.74 Å². The van der Waals surface area contributed by atoms with Gasteiger partial charge < -0.3 is 10.1 Å². The van der Waals surface area contributed by atoms with E-state index >= 15 is 0 Å². The second kappa shape index (κ2) is 6.87. The maximum absolute atomic E-state index is 6.08. The minimum atomic E-state index is -0.0139. The zero-order valence-corrected chi connectivity index (χ0v) is 13.3. The zero-order chi connectivity index (χ0) is 13.7. The van der Waals surface area contributed by atoms with Crippen LogP contribution in [0.25, 0.3) is 0 Å². The minimum absolute atomic E-state index is 0.0139. The van der Waals surface area contributed by atoms with Crippen LogP contribution in [-0.4, -0.2) is 19.3 Å². The second-order valence-corrected chi connectivity index (χ2v) is 6.78. The monoisotopic (exact) mass is 281 g/mol. The highest BCUT2D eigenvalue weighted by Gasteiger charge is 2.39. The lowest BCUT2D eigenvalue weighted by Gasteiger charge is -2.39. The molecule has 108 valence electrons. The molecule has 1 N–H and O–H groups in total. The third kappa shape index (κ3) is 3.39. The molecule has 1 aliphatic carbocycles. The van der Waals surface area contributed by atoms with Crippen LogP contribution >= 0.6 is 11.3 Å². The molecule has 1 fully saturated rings. The largest absolute Gasteiger partial charge is 0.376 e. The van der Waals surface area contributed by atoms with E-state index in [-0.39, 0.29) is 5.60 Å². The quantitative estimate of drug-likeness (QED) is 0.805. The highest BCUT2D eigenvalue weighted by atomic mass is 32.1. The Morgan fingerprint density at radius 1 is 1.32 bits per heavy atom. The predicted octanol–water partition coefficient (Wildman–Crippen LogP) is 4.45. The summed E-state index contributed by atoms with van der Waals surface area (Å²) in [4.78, 5) is 1.39. The summed E-state index contributed by atoms with van der Waals surface area (Å²) >= 11 is 1.84. The zero-order valence-electron chi connectivity index (χ0n) is 12.5. The Balaban J connectivity index is 2.28. The highest BCUT2D eigenvalue weighted by molar-refractivity contribution is 7.10. The normalized spacial score (nSPS) is 21.0. The number of nitrogens with one attached hydrogen (secondary N) is 1. The summed E-state index contributed by atoms with van der Waals surface area (Å²) in [5, 5.41) is 5.98. The van der Waals surface area contributed by atoms with Gasteiger partial charge >= 0.3 is 0 Å². The van der Waals surface area contributed by atoms with E-state index in [1.807, 2.05) is 18.4 Å². The first-order valence-electron chi connectivity index (χ1n) is 7.55. The molecule has 1 heterocycles. The molecule has 0 radical (unpaired) electrons. The van der Waals surface area contributed by atoms with E-state index in [0.29, 0.717) is 6.04 Å². The molecule has 2 rings (SSSR count). The maximum Gasteiger partial charge on any atom is 0.0872 e. The molecule has 1 aromatic heterocycles. The Morgan fingerprint density at radius 2 is 2.00 bits per heavy atom. The lowest BCUT2D eigenvalue weighted by molar-refractivity contribution is -0.0536. The Kier molecular flexibility index (Phi) is 5.43. The van der Waals surface area contributed by atoms with Gasteiger partial charge in [-0.2, -0.15) is 0 Å². The van der Waals surface area contributed by atoms with Crippen LogP contribution in [0.15, 0.2) is 11.4 Å². The smallest absolute Gasteiger partial charge is 0.0872 e. The van der Waals surface area contributed by atoms with Crippen molar-refractivity contribution in [3.63, 3.8) is 0 Å². The number of thiophene rings is 1. The summed E-state index contributed by atoms with van der Waals surface area (Å²) in [6, 6.07) is 2.66. The van der Waals surface area contributed by atoms with Crippen molar-refractivity contribution in [3.05, 3.63) is 21.9 Å². The van der Waals surface area contributed by atoms with Crippen LogP contribution in [0.3, 0.4) is 0 Å². The van der Waals surface area contributed by atoms with E-state index in [4.69, 9.17) is 4.74 Å². The van der Waals surface area contributed by atoms with Crippen molar-refractivity contribution in [1.82, 2.24) is 5.32 Å². The summed E-state index contributed by atoms with van der Waals surface area (Å²) in [5.41, 5.74) is 1.40. The van der Waals surface area contributed by atoms with Gasteiger partial charge in [0.25, 0.3) is 0 Å². The van der Waals surface area contributed by atoms with Crippen molar-refractivity contribution in [2.75, 3.05) is 13.7 Å². The lowest BCUT2D eigenvalue weighted by Crippen LogP contribution is -2.45. The van der Waals surface area contributed by atoms with Crippen molar-refractivity contribution in [2.45, 2.75) is 64.0 Å². The van der Waals surface area contributed by atoms with E-state index in [1.54, 1.807) is 0 Å². The molecule has 1 unspecified atom stereocenters. The van der Waals surface area contributed by atoms with Crippen molar-refractivity contribution in [2.24, 2.45) is 0 Å². The van der Waals surface area contributed by atoms with Crippen LogP contribution in [0.1, 0.15) is 61.9 Å². The van der Waals surface area contributed by atoms with Crippen molar-refractivity contribution >= 4 is 11.3 Å². The molecule has 0 aromatic carbocycles. The standard InChI is InChI=1S/C16H27NOS/c1-4-17-15(14-11-13(2)19-12-14)16(18-3)9-7-5-6-8-10-16/h11-12,15,17H,4-10H2,1-3H3. The number of rotatable bonds is 5. The summed E-state index contributed by atoms with van der Waals surface area (Å²) in [7, 11) is 1.90. The van der Waals surface area contributed by atoms with Gasteiger partial charge in [0, 0.05) is 12.0 Å². The maximum atomic E-state index is 6.08. The fourth-order valence-electron chi connectivity index (χ4n) is 3.36. The van der Waals surface area contributed by atoms with Crippen molar-refractivity contribution in [1.29, 1.82) is 0 Å². The topological polar surface area (TPSA) is 21.3 Å². The molecule has 1 aliphatic rings. The first-order chi connectivity index (χ1) is 9.22. The van der Waals surface area contributed by atoms with Crippen LogP contribution in [0, 0.1) is 6.92 Å². The molecule has 19 heavy (non-hydrogen) atoms. The second-order valence-electron chi connectivity index (χ2n) is 5.66. The van der Waals surface area contributed by atoms with Gasteiger partial charge in [0.15, 0.2) is 0 Å². The molecule has 1 aromatic rings. The molecule has 1 saturated carbocycles. The Hall–Kier alpha value is -0.380. The molecule has 3 heteroatoms. The van der Waals surface area contributed by atoms with Gasteiger partial charge in [-0.3, -0.25) is 0 Å². The van der Waals surface area contributed by atoms with Gasteiger partial charge in [0.2, 0.25) is 0 Å². The summed E-state index contributed by atoms with van der Waals surface area (Å²) in [5.74, 6) is 0. The average Bonchev–Trinajstić information content (AvgIpc) is 2.70. The van der Waals surface area contributed by atoms with Gasteiger partial charge in [-0.05, 0) is 43.3 Å². The highest BCUT2D eigenvalue weighted by Crippen LogP contribution is 2.41.